The van der Waals surface area contributed by atoms with Gasteiger partial charge in [-0.25, -0.2) is 4.79 Å². The summed E-state index contributed by atoms with van der Waals surface area (Å²) < 4.78 is 11.9. The molecule has 154 valence electrons. The molecule has 0 aliphatic heterocycles. The third kappa shape index (κ3) is 8.08. The number of carbonyl (C=O) groups is 2. The molecule has 0 rings (SSSR count). The summed E-state index contributed by atoms with van der Waals surface area (Å²) >= 11 is 0. The molecule has 7 heteroatoms. The lowest BCUT2D eigenvalue weighted by molar-refractivity contribution is -0.140. The predicted octanol–water partition coefficient (Wildman–Crippen LogP) is 4.89. The van der Waals surface area contributed by atoms with Gasteiger partial charge in [0.05, 0.1) is 18.6 Å². The van der Waals surface area contributed by atoms with Gasteiger partial charge in [0.1, 0.15) is 5.60 Å². The molecule has 0 aromatic carbocycles. The molecule has 2 unspecified atom stereocenters. The van der Waals surface area contributed by atoms with Crippen LogP contribution in [0.25, 0.3) is 0 Å². The van der Waals surface area contributed by atoms with Gasteiger partial charge in [0.25, 0.3) is 0 Å². The lowest BCUT2D eigenvalue weighted by Crippen LogP contribution is -2.53. The van der Waals surface area contributed by atoms with Crippen LogP contribution in [0.3, 0.4) is 0 Å². The van der Waals surface area contributed by atoms with E-state index in [0.717, 1.165) is 6.42 Å². The van der Waals surface area contributed by atoms with Gasteiger partial charge in [-0.05, 0) is 45.3 Å². The number of hydrogen-bond acceptors (Lipinski definition) is 4. The molecule has 6 nitrogen and oxygen atoms in total. The van der Waals surface area contributed by atoms with Gasteiger partial charge >= 0.3 is 12.1 Å². The van der Waals surface area contributed by atoms with Gasteiger partial charge < -0.3 is 19.2 Å². The molecule has 1 N–H and O–H groups in total. The Labute approximate surface area is 160 Å². The molecule has 0 bridgehead atoms. The SMILES string of the molecule is CCCC(C(CC(=O)O)O[Si](C)(C)C(C)(C)C)N(C)C(=O)OC(C)(C)C. The van der Waals surface area contributed by atoms with Crippen molar-refractivity contribution in [2.45, 2.75) is 104 Å². The van der Waals surface area contributed by atoms with Crippen molar-refractivity contribution in [2.75, 3.05) is 7.05 Å². The summed E-state index contributed by atoms with van der Waals surface area (Å²) in [7, 11) is -0.531. The summed E-state index contributed by atoms with van der Waals surface area (Å²) in [6.07, 6.45) is 0.317. The molecule has 0 radical (unpaired) electrons. The van der Waals surface area contributed by atoms with Gasteiger partial charge in [0.2, 0.25) is 0 Å². The second kappa shape index (κ2) is 9.22. The van der Waals surface area contributed by atoms with Crippen molar-refractivity contribution in [3.63, 3.8) is 0 Å². The first-order valence-electron chi connectivity index (χ1n) is 9.37. The molecule has 2 atom stereocenters. The average molecular weight is 390 g/mol. The molecule has 0 aromatic rings. The van der Waals surface area contributed by atoms with Crippen LogP contribution in [0.2, 0.25) is 18.1 Å². The molecule has 0 aliphatic rings. The third-order valence-electron chi connectivity index (χ3n) is 4.82. The fourth-order valence-corrected chi connectivity index (χ4v) is 3.73. The number of hydrogen-bond donors (Lipinski definition) is 1. The van der Waals surface area contributed by atoms with E-state index in [4.69, 9.17) is 9.16 Å². The molecule has 0 fully saturated rings. The van der Waals surface area contributed by atoms with Crippen molar-refractivity contribution in [3.05, 3.63) is 0 Å². The normalized spacial score (nSPS) is 15.3. The minimum atomic E-state index is -2.20. The Bertz CT molecular complexity index is 479. The van der Waals surface area contributed by atoms with Crippen LogP contribution in [-0.4, -0.2) is 55.2 Å². The highest BCUT2D eigenvalue weighted by molar-refractivity contribution is 6.74. The molecule has 26 heavy (non-hydrogen) atoms. The Morgan fingerprint density at radius 2 is 1.62 bits per heavy atom. The number of carboxylic acid groups (broad SMARTS) is 1. The van der Waals surface area contributed by atoms with Crippen LogP contribution in [0.5, 0.6) is 0 Å². The summed E-state index contributed by atoms with van der Waals surface area (Å²) in [4.78, 5) is 25.5. The average Bonchev–Trinajstić information content (AvgIpc) is 2.39. The molecular formula is C19H39NO5Si. The van der Waals surface area contributed by atoms with Crippen LogP contribution in [0.4, 0.5) is 4.79 Å². The molecule has 0 heterocycles. The highest BCUT2D eigenvalue weighted by Crippen LogP contribution is 2.38. The van der Waals surface area contributed by atoms with E-state index >= 15 is 0 Å². The largest absolute Gasteiger partial charge is 0.481 e. The maximum absolute atomic E-state index is 12.5. The minimum absolute atomic E-state index is 0.0506. The molecule has 1 amide bonds. The molecular weight excluding hydrogens is 350 g/mol. The number of carbonyl (C=O) groups excluding carboxylic acids is 1. The van der Waals surface area contributed by atoms with Crippen molar-refractivity contribution in [2.24, 2.45) is 0 Å². The van der Waals surface area contributed by atoms with Crippen molar-refractivity contribution >= 4 is 20.4 Å². The standard InChI is InChI=1S/C19H39NO5Si/c1-11-12-14(20(8)17(23)24-18(2,3)4)15(13-16(21)22)25-26(9,10)19(5,6)7/h14-15H,11-13H2,1-10H3,(H,21,22). The fourth-order valence-electron chi connectivity index (χ4n) is 2.38. The zero-order valence-corrected chi connectivity index (χ0v) is 19.3. The second-order valence-electron chi connectivity index (χ2n) is 9.46. The van der Waals surface area contributed by atoms with Crippen molar-refractivity contribution < 1.29 is 23.9 Å². The highest BCUT2D eigenvalue weighted by Gasteiger charge is 2.42. The fraction of sp³-hybridized carbons (Fsp3) is 0.895. The number of rotatable bonds is 8. The third-order valence-corrected chi connectivity index (χ3v) is 9.32. The molecule has 0 aromatic heterocycles. The van der Waals surface area contributed by atoms with E-state index in [-0.39, 0.29) is 17.5 Å². The van der Waals surface area contributed by atoms with E-state index in [1.165, 1.54) is 4.90 Å². The molecule has 0 saturated heterocycles. The van der Waals surface area contributed by atoms with Crippen LogP contribution < -0.4 is 0 Å². The Hall–Kier alpha value is -1.08. The van der Waals surface area contributed by atoms with Gasteiger partial charge in [-0.15, -0.1) is 0 Å². The second-order valence-corrected chi connectivity index (χ2v) is 14.2. The Morgan fingerprint density at radius 3 is 1.96 bits per heavy atom. The lowest BCUT2D eigenvalue weighted by atomic mass is 10.0. The van der Waals surface area contributed by atoms with Crippen molar-refractivity contribution in [3.8, 4) is 0 Å². The van der Waals surface area contributed by atoms with Crippen LogP contribution in [0, 0.1) is 0 Å². The first-order chi connectivity index (χ1) is 11.5. The first kappa shape index (κ1) is 24.9. The van der Waals surface area contributed by atoms with Crippen molar-refractivity contribution in [1.29, 1.82) is 0 Å². The zero-order valence-electron chi connectivity index (χ0n) is 18.3. The van der Waals surface area contributed by atoms with E-state index in [1.54, 1.807) is 7.05 Å². The molecule has 0 aliphatic carbocycles. The van der Waals surface area contributed by atoms with E-state index in [2.05, 4.69) is 33.9 Å². The number of likely N-dealkylation sites (N-methyl/N-ethyl adjacent to an activating group) is 1. The maximum Gasteiger partial charge on any atom is 0.410 e. The molecule has 0 spiro atoms. The summed E-state index contributed by atoms with van der Waals surface area (Å²) in [6.45, 7) is 18.0. The van der Waals surface area contributed by atoms with Crippen LogP contribution in [-0.2, 0) is 14.0 Å². The minimum Gasteiger partial charge on any atom is -0.481 e. The van der Waals surface area contributed by atoms with E-state index in [1.807, 2.05) is 27.7 Å². The lowest BCUT2D eigenvalue weighted by Gasteiger charge is -2.43. The molecule has 0 saturated carbocycles. The Kier molecular flexibility index (Phi) is 8.83. The van der Waals surface area contributed by atoms with Gasteiger partial charge in [-0.1, -0.05) is 34.1 Å². The summed E-state index contributed by atoms with van der Waals surface area (Å²) in [5.74, 6) is -0.924. The smallest absolute Gasteiger partial charge is 0.410 e. The van der Waals surface area contributed by atoms with Crippen molar-refractivity contribution in [1.82, 2.24) is 4.90 Å². The van der Waals surface area contributed by atoms with Gasteiger partial charge in [-0.3, -0.25) is 4.79 Å². The van der Waals surface area contributed by atoms with Crippen LogP contribution >= 0.6 is 0 Å². The number of aliphatic carboxylic acids is 1. The summed E-state index contributed by atoms with van der Waals surface area (Å²) in [5, 5.41) is 9.36. The van der Waals surface area contributed by atoms with E-state index in [0.29, 0.717) is 6.42 Å². The monoisotopic (exact) mass is 389 g/mol. The van der Waals surface area contributed by atoms with Crippen LogP contribution in [0.1, 0.15) is 67.7 Å². The summed E-state index contributed by atoms with van der Waals surface area (Å²) in [5.41, 5.74) is -0.606. The summed E-state index contributed by atoms with van der Waals surface area (Å²) in [6, 6.07) is -0.347. The number of nitrogens with zero attached hydrogens (tertiary/aromatic N) is 1. The number of amides is 1. The Morgan fingerprint density at radius 1 is 1.12 bits per heavy atom. The number of ether oxygens (including phenoxy) is 1. The van der Waals surface area contributed by atoms with Gasteiger partial charge in [-0.2, -0.15) is 0 Å². The topological polar surface area (TPSA) is 76.1 Å². The van der Waals surface area contributed by atoms with E-state index < -0.39 is 32.1 Å². The highest BCUT2D eigenvalue weighted by atomic mass is 28.4. The predicted molar refractivity (Wildman–Crippen MR) is 107 cm³/mol. The number of carboxylic acids is 1. The van der Waals surface area contributed by atoms with E-state index in [9.17, 15) is 14.7 Å². The van der Waals surface area contributed by atoms with Gasteiger partial charge in [0, 0.05) is 7.05 Å². The Balaban J connectivity index is 5.66. The quantitative estimate of drug-likeness (QED) is 0.598. The first-order valence-corrected chi connectivity index (χ1v) is 12.3. The zero-order chi connectivity index (χ0) is 20.9. The maximum atomic E-state index is 12.5. The van der Waals surface area contributed by atoms with Gasteiger partial charge in [0.15, 0.2) is 8.32 Å². The van der Waals surface area contributed by atoms with Crippen LogP contribution in [0.15, 0.2) is 0 Å².